The van der Waals surface area contributed by atoms with E-state index in [1.165, 1.54) is 0 Å². The van der Waals surface area contributed by atoms with Gasteiger partial charge in [0.25, 0.3) is 0 Å². The highest BCUT2D eigenvalue weighted by molar-refractivity contribution is 9.11. The molecule has 1 rings (SSSR count). The predicted molar refractivity (Wildman–Crippen MR) is 68.2 cm³/mol. The Morgan fingerprint density at radius 1 is 1.33 bits per heavy atom. The van der Waals surface area contributed by atoms with E-state index in [0.29, 0.717) is 13.1 Å². The Bertz CT molecular complexity index is 388. The SMILES string of the molecule is FC(F)(F)COCCNCc1ncc(Br)cc1Br. The molecule has 0 bridgehead atoms. The van der Waals surface area contributed by atoms with Gasteiger partial charge in [0.15, 0.2) is 0 Å². The molecule has 0 aromatic carbocycles. The first-order chi connectivity index (χ1) is 8.38. The Morgan fingerprint density at radius 2 is 2.06 bits per heavy atom. The van der Waals surface area contributed by atoms with Gasteiger partial charge >= 0.3 is 6.18 Å². The molecule has 1 aromatic rings. The summed E-state index contributed by atoms with van der Waals surface area (Å²) in [6.07, 6.45) is -2.61. The normalized spacial score (nSPS) is 11.8. The van der Waals surface area contributed by atoms with E-state index < -0.39 is 12.8 Å². The first kappa shape index (κ1) is 15.9. The third-order valence-corrected chi connectivity index (χ3v) is 2.99. The molecule has 3 nitrogen and oxygen atoms in total. The Hall–Kier alpha value is -0.180. The monoisotopic (exact) mass is 390 g/mol. The summed E-state index contributed by atoms with van der Waals surface area (Å²) in [5.41, 5.74) is 0.786. The molecule has 0 amide bonds. The second-order valence-electron chi connectivity index (χ2n) is 3.43. The Labute approximate surface area is 119 Å². The number of ether oxygens (including phenoxy) is 1. The van der Waals surface area contributed by atoms with Crippen LogP contribution in [0.3, 0.4) is 0 Å². The highest BCUT2D eigenvalue weighted by Gasteiger charge is 2.27. The number of hydrogen-bond acceptors (Lipinski definition) is 3. The molecule has 0 saturated heterocycles. The number of hydrogen-bond donors (Lipinski definition) is 1. The third kappa shape index (κ3) is 6.67. The first-order valence-electron chi connectivity index (χ1n) is 5.03. The summed E-state index contributed by atoms with van der Waals surface area (Å²) in [5, 5.41) is 2.95. The summed E-state index contributed by atoms with van der Waals surface area (Å²) in [7, 11) is 0. The lowest BCUT2D eigenvalue weighted by molar-refractivity contribution is -0.173. The van der Waals surface area contributed by atoms with Gasteiger partial charge in [-0.1, -0.05) is 0 Å². The van der Waals surface area contributed by atoms with E-state index in [2.05, 4.69) is 46.9 Å². The predicted octanol–water partition coefficient (Wildman–Crippen LogP) is 3.28. The average Bonchev–Trinajstić information content (AvgIpc) is 2.24. The Balaban J connectivity index is 2.18. The number of nitrogens with zero attached hydrogens (tertiary/aromatic N) is 1. The van der Waals surface area contributed by atoms with Gasteiger partial charge in [0.1, 0.15) is 6.61 Å². The number of alkyl halides is 3. The van der Waals surface area contributed by atoms with Crippen molar-refractivity contribution in [1.29, 1.82) is 0 Å². The molecule has 0 fully saturated rings. The number of nitrogens with one attached hydrogen (secondary N) is 1. The van der Waals surface area contributed by atoms with E-state index in [9.17, 15) is 13.2 Å². The summed E-state index contributed by atoms with van der Waals surface area (Å²) in [4.78, 5) is 4.16. The zero-order valence-corrected chi connectivity index (χ0v) is 12.4. The van der Waals surface area contributed by atoms with Gasteiger partial charge in [0.05, 0.1) is 12.3 Å². The lowest BCUT2D eigenvalue weighted by Gasteiger charge is -2.09. The van der Waals surface area contributed by atoms with E-state index in [1.54, 1.807) is 6.20 Å². The number of pyridine rings is 1. The van der Waals surface area contributed by atoms with Crippen LogP contribution in [0.4, 0.5) is 13.2 Å². The molecular weight excluding hydrogens is 381 g/mol. The van der Waals surface area contributed by atoms with Crippen LogP contribution < -0.4 is 5.32 Å². The molecule has 102 valence electrons. The van der Waals surface area contributed by atoms with E-state index >= 15 is 0 Å². The van der Waals surface area contributed by atoms with Crippen LogP contribution in [-0.2, 0) is 11.3 Å². The minimum absolute atomic E-state index is 0.00760. The van der Waals surface area contributed by atoms with Gasteiger partial charge in [-0.15, -0.1) is 0 Å². The van der Waals surface area contributed by atoms with Gasteiger partial charge in [0, 0.05) is 28.2 Å². The van der Waals surface area contributed by atoms with Crippen molar-refractivity contribution in [3.8, 4) is 0 Å². The largest absolute Gasteiger partial charge is 0.411 e. The second-order valence-corrected chi connectivity index (χ2v) is 5.20. The van der Waals surface area contributed by atoms with E-state index in [0.717, 1.165) is 14.6 Å². The van der Waals surface area contributed by atoms with Gasteiger partial charge < -0.3 is 10.1 Å². The van der Waals surface area contributed by atoms with Crippen LogP contribution in [0.2, 0.25) is 0 Å². The summed E-state index contributed by atoms with van der Waals surface area (Å²) in [6, 6.07) is 1.85. The van der Waals surface area contributed by atoms with Crippen molar-refractivity contribution < 1.29 is 17.9 Å². The maximum atomic E-state index is 11.8. The molecule has 0 unspecified atom stereocenters. The van der Waals surface area contributed by atoms with Crippen molar-refractivity contribution in [2.24, 2.45) is 0 Å². The average molecular weight is 392 g/mol. The van der Waals surface area contributed by atoms with Crippen molar-refractivity contribution in [2.75, 3.05) is 19.8 Å². The lowest BCUT2D eigenvalue weighted by Crippen LogP contribution is -2.24. The minimum Gasteiger partial charge on any atom is -0.371 e. The Morgan fingerprint density at radius 3 is 2.67 bits per heavy atom. The summed E-state index contributed by atoms with van der Waals surface area (Å²) >= 11 is 6.62. The van der Waals surface area contributed by atoms with E-state index in [-0.39, 0.29) is 6.61 Å². The zero-order valence-electron chi connectivity index (χ0n) is 9.23. The zero-order chi connectivity index (χ0) is 13.6. The van der Waals surface area contributed by atoms with Crippen molar-refractivity contribution >= 4 is 31.9 Å². The van der Waals surface area contributed by atoms with Gasteiger partial charge in [-0.3, -0.25) is 4.98 Å². The van der Waals surface area contributed by atoms with Crippen molar-refractivity contribution in [1.82, 2.24) is 10.3 Å². The number of rotatable bonds is 6. The fraction of sp³-hybridized carbons (Fsp3) is 0.500. The number of aromatic nitrogens is 1. The topological polar surface area (TPSA) is 34.1 Å². The molecule has 1 N–H and O–H groups in total. The van der Waals surface area contributed by atoms with Crippen LogP contribution in [0.1, 0.15) is 5.69 Å². The highest BCUT2D eigenvalue weighted by Crippen LogP contribution is 2.19. The second kappa shape index (κ2) is 7.42. The molecule has 0 aliphatic rings. The van der Waals surface area contributed by atoms with Crippen molar-refractivity contribution in [3.05, 3.63) is 26.9 Å². The van der Waals surface area contributed by atoms with Crippen LogP contribution in [-0.4, -0.2) is 30.9 Å². The van der Waals surface area contributed by atoms with Crippen LogP contribution in [0.25, 0.3) is 0 Å². The molecule has 1 heterocycles. The van der Waals surface area contributed by atoms with Gasteiger partial charge in [0.2, 0.25) is 0 Å². The first-order valence-corrected chi connectivity index (χ1v) is 6.62. The van der Waals surface area contributed by atoms with Crippen LogP contribution >= 0.6 is 31.9 Å². The molecule has 0 saturated carbocycles. The Kier molecular flexibility index (Phi) is 6.54. The molecule has 1 aromatic heterocycles. The fourth-order valence-electron chi connectivity index (χ4n) is 1.11. The van der Waals surface area contributed by atoms with E-state index in [1.807, 2.05) is 6.07 Å². The quantitative estimate of drug-likeness (QED) is 0.755. The summed E-state index contributed by atoms with van der Waals surface area (Å²) < 4.78 is 41.4. The summed E-state index contributed by atoms with van der Waals surface area (Å²) in [6.45, 7) is -0.411. The smallest absolute Gasteiger partial charge is 0.371 e. The van der Waals surface area contributed by atoms with Gasteiger partial charge in [-0.05, 0) is 37.9 Å². The molecule has 0 spiro atoms. The van der Waals surface area contributed by atoms with Gasteiger partial charge in [-0.25, -0.2) is 0 Å². The van der Waals surface area contributed by atoms with Crippen LogP contribution in [0.5, 0.6) is 0 Å². The molecular formula is C10H11Br2F3N2O. The van der Waals surface area contributed by atoms with E-state index in [4.69, 9.17) is 0 Å². The molecule has 0 radical (unpaired) electrons. The third-order valence-electron chi connectivity index (χ3n) is 1.87. The minimum atomic E-state index is -4.27. The number of halogens is 5. The van der Waals surface area contributed by atoms with Gasteiger partial charge in [-0.2, -0.15) is 13.2 Å². The molecule has 0 aliphatic carbocycles. The fourth-order valence-corrected chi connectivity index (χ4v) is 2.24. The lowest BCUT2D eigenvalue weighted by atomic mass is 10.3. The van der Waals surface area contributed by atoms with Crippen LogP contribution in [0.15, 0.2) is 21.2 Å². The van der Waals surface area contributed by atoms with Crippen molar-refractivity contribution in [2.45, 2.75) is 12.7 Å². The van der Waals surface area contributed by atoms with Crippen LogP contribution in [0, 0.1) is 0 Å². The molecule has 18 heavy (non-hydrogen) atoms. The van der Waals surface area contributed by atoms with Crippen molar-refractivity contribution in [3.63, 3.8) is 0 Å². The molecule has 0 atom stereocenters. The maximum absolute atomic E-state index is 11.8. The maximum Gasteiger partial charge on any atom is 0.411 e. The highest BCUT2D eigenvalue weighted by atomic mass is 79.9. The summed E-state index contributed by atoms with van der Waals surface area (Å²) in [5.74, 6) is 0. The standard InChI is InChI=1S/C10H11Br2F3N2O/c11-7-3-8(12)9(17-4-7)5-16-1-2-18-6-10(13,14)15/h3-4,16H,1-2,5-6H2. The molecule has 8 heteroatoms. The molecule has 0 aliphatic heterocycles.